The highest BCUT2D eigenvalue weighted by atomic mass is 16.6. The van der Waals surface area contributed by atoms with Gasteiger partial charge < -0.3 is 24.6 Å². The Labute approximate surface area is 232 Å². The molecule has 10 nitrogen and oxygen atoms in total. The number of hydroxylamine groups is 1. The highest BCUT2D eigenvalue weighted by molar-refractivity contribution is 5.95. The van der Waals surface area contributed by atoms with Gasteiger partial charge in [-0.1, -0.05) is 36.4 Å². The van der Waals surface area contributed by atoms with Crippen LogP contribution < -0.4 is 20.4 Å². The predicted octanol–water partition coefficient (Wildman–Crippen LogP) is 4.60. The van der Waals surface area contributed by atoms with Gasteiger partial charge in [-0.15, -0.1) is 0 Å². The van der Waals surface area contributed by atoms with E-state index in [1.807, 2.05) is 60.7 Å². The number of fused-ring (bicyclic) bond motifs is 2. The number of benzene rings is 3. The molecule has 10 heteroatoms. The van der Waals surface area contributed by atoms with E-state index in [1.165, 1.54) is 4.90 Å². The number of carbonyl (C=O) groups excluding carboxylic acids is 3. The van der Waals surface area contributed by atoms with E-state index in [2.05, 4.69) is 10.2 Å². The molecular formula is C30H32N4O6. The highest BCUT2D eigenvalue weighted by Crippen LogP contribution is 2.46. The second kappa shape index (κ2) is 10.9. The number of nitrogens with zero attached hydrogens (tertiary/aromatic N) is 2. The van der Waals surface area contributed by atoms with Gasteiger partial charge in [0.25, 0.3) is 5.91 Å². The van der Waals surface area contributed by atoms with Crippen LogP contribution in [0.25, 0.3) is 0 Å². The fourth-order valence-electron chi connectivity index (χ4n) is 4.92. The molecule has 5 rings (SSSR count). The molecule has 1 fully saturated rings. The molecule has 2 atom stereocenters. The van der Waals surface area contributed by atoms with E-state index in [0.717, 1.165) is 28.4 Å². The van der Waals surface area contributed by atoms with E-state index >= 15 is 0 Å². The van der Waals surface area contributed by atoms with Crippen LogP contribution in [0.15, 0.2) is 72.8 Å². The van der Waals surface area contributed by atoms with E-state index in [9.17, 15) is 19.6 Å². The topological polar surface area (TPSA) is 120 Å². The van der Waals surface area contributed by atoms with Gasteiger partial charge in [-0.05, 0) is 62.7 Å². The van der Waals surface area contributed by atoms with Gasteiger partial charge in [-0.2, -0.15) is 0 Å². The van der Waals surface area contributed by atoms with Gasteiger partial charge >= 0.3 is 6.09 Å². The van der Waals surface area contributed by atoms with Crippen LogP contribution in [0.1, 0.15) is 36.7 Å². The Hall–Kier alpha value is -4.57. The van der Waals surface area contributed by atoms with Crippen LogP contribution in [0, 0.1) is 5.92 Å². The molecule has 3 amide bonds. The Kier molecular flexibility index (Phi) is 7.36. The number of likely N-dealkylation sites (tertiary alicyclic amines) is 1. The molecule has 0 bridgehead atoms. The van der Waals surface area contributed by atoms with Crippen molar-refractivity contribution in [2.45, 2.75) is 39.0 Å². The summed E-state index contributed by atoms with van der Waals surface area (Å²) in [6.07, 6.45) is -0.587. The Balaban J connectivity index is 1.29. The van der Waals surface area contributed by atoms with Crippen LogP contribution in [0.2, 0.25) is 0 Å². The lowest BCUT2D eigenvalue weighted by atomic mass is 10.0. The van der Waals surface area contributed by atoms with Gasteiger partial charge in [0, 0.05) is 25.2 Å². The molecule has 2 heterocycles. The van der Waals surface area contributed by atoms with Gasteiger partial charge in [0.1, 0.15) is 5.60 Å². The number of nitrogens with one attached hydrogen (secondary N) is 2. The van der Waals surface area contributed by atoms with Gasteiger partial charge in [-0.25, -0.2) is 10.3 Å². The Morgan fingerprint density at radius 1 is 0.925 bits per heavy atom. The van der Waals surface area contributed by atoms with Crippen LogP contribution >= 0.6 is 0 Å². The van der Waals surface area contributed by atoms with Crippen LogP contribution in [0.5, 0.6) is 11.5 Å². The normalized spacial score (nSPS) is 17.8. The van der Waals surface area contributed by atoms with E-state index in [1.54, 1.807) is 38.4 Å². The summed E-state index contributed by atoms with van der Waals surface area (Å²) in [7, 11) is 0. The third kappa shape index (κ3) is 5.72. The minimum atomic E-state index is -0.831. The molecule has 3 N–H and O–H groups in total. The van der Waals surface area contributed by atoms with E-state index in [0.29, 0.717) is 12.1 Å². The van der Waals surface area contributed by atoms with Crippen molar-refractivity contribution < 1.29 is 29.1 Å². The second-order valence-electron chi connectivity index (χ2n) is 10.9. The average Bonchev–Trinajstić information content (AvgIpc) is 3.36. The first-order valence-corrected chi connectivity index (χ1v) is 13.1. The maximum absolute atomic E-state index is 13.1. The number of carbonyl (C=O) groups is 3. The zero-order chi connectivity index (χ0) is 28.4. The van der Waals surface area contributed by atoms with Crippen LogP contribution in [-0.2, 0) is 16.1 Å². The number of amides is 3. The van der Waals surface area contributed by atoms with E-state index in [-0.39, 0.29) is 19.0 Å². The van der Waals surface area contributed by atoms with Crippen molar-refractivity contribution in [2.75, 3.05) is 18.0 Å². The molecule has 0 unspecified atom stereocenters. The summed E-state index contributed by atoms with van der Waals surface area (Å²) in [6.45, 7) is 5.89. The molecule has 3 aromatic rings. The molecule has 1 saturated heterocycles. The molecule has 0 aliphatic carbocycles. The minimum absolute atomic E-state index is 0.00763. The highest BCUT2D eigenvalue weighted by Gasteiger charge is 2.42. The molecule has 0 aromatic heterocycles. The van der Waals surface area contributed by atoms with E-state index in [4.69, 9.17) is 9.47 Å². The van der Waals surface area contributed by atoms with Gasteiger partial charge in [0.15, 0.2) is 11.5 Å². The van der Waals surface area contributed by atoms with Crippen LogP contribution in [0.4, 0.5) is 16.2 Å². The lowest BCUT2D eigenvalue weighted by Crippen LogP contribution is -2.45. The standard InChI is InChI=1S/C30H32N4O6/c1-30(2,3)40-29(37)33-17-21(28(36)32-38)22(18-33)31-27(35)20-14-12-19(13-15-20)16-34-23-8-4-6-10-25(23)39-26-11-7-5-9-24(26)34/h4-15,21-22,38H,16-18H2,1-3H3,(H,31,35)(H,32,36)/t21-,22+/m0/s1. The predicted molar refractivity (Wildman–Crippen MR) is 148 cm³/mol. The Morgan fingerprint density at radius 3 is 2.10 bits per heavy atom. The van der Waals surface area contributed by atoms with Crippen LogP contribution in [0.3, 0.4) is 0 Å². The van der Waals surface area contributed by atoms with Gasteiger partial charge in [0.2, 0.25) is 5.91 Å². The molecule has 2 aliphatic heterocycles. The van der Waals surface area contributed by atoms with Crippen molar-refractivity contribution in [3.8, 4) is 11.5 Å². The summed E-state index contributed by atoms with van der Waals surface area (Å²) in [5.41, 5.74) is 4.22. The molecule has 3 aromatic carbocycles. The Morgan fingerprint density at radius 2 is 1.52 bits per heavy atom. The minimum Gasteiger partial charge on any atom is -0.453 e. The third-order valence-electron chi connectivity index (χ3n) is 6.82. The smallest absolute Gasteiger partial charge is 0.410 e. The third-order valence-corrected chi connectivity index (χ3v) is 6.82. The number of anilines is 2. The fraction of sp³-hybridized carbons (Fsp3) is 0.300. The maximum atomic E-state index is 13.1. The zero-order valence-electron chi connectivity index (χ0n) is 22.6. The summed E-state index contributed by atoms with van der Waals surface area (Å²) in [5, 5.41) is 12.1. The molecule has 40 heavy (non-hydrogen) atoms. The largest absolute Gasteiger partial charge is 0.453 e. The molecule has 0 spiro atoms. The first-order chi connectivity index (χ1) is 19.1. The molecule has 0 radical (unpaired) electrons. The van der Waals surface area contributed by atoms with Crippen LogP contribution in [-0.4, -0.2) is 52.7 Å². The SMILES string of the molecule is CC(C)(C)OC(=O)N1C[C@H](C(=O)NO)[C@H](NC(=O)c2ccc(CN3c4ccccc4Oc4ccccc43)cc2)C1. The van der Waals surface area contributed by atoms with Gasteiger partial charge in [0.05, 0.1) is 23.3 Å². The first kappa shape index (κ1) is 27.0. The average molecular weight is 545 g/mol. The molecule has 0 saturated carbocycles. The fourth-order valence-corrected chi connectivity index (χ4v) is 4.92. The number of para-hydroxylation sites is 4. The number of rotatable bonds is 5. The van der Waals surface area contributed by atoms with Gasteiger partial charge in [-0.3, -0.25) is 14.8 Å². The van der Waals surface area contributed by atoms with E-state index < -0.39 is 29.6 Å². The van der Waals surface area contributed by atoms with Crippen molar-refractivity contribution in [3.63, 3.8) is 0 Å². The quantitative estimate of drug-likeness (QED) is 0.317. The van der Waals surface area contributed by atoms with Crippen molar-refractivity contribution in [3.05, 3.63) is 83.9 Å². The molecule has 208 valence electrons. The summed E-state index contributed by atoms with van der Waals surface area (Å²) in [6, 6.07) is 22.2. The maximum Gasteiger partial charge on any atom is 0.410 e. The first-order valence-electron chi connectivity index (χ1n) is 13.1. The van der Waals surface area contributed by atoms with Crippen molar-refractivity contribution >= 4 is 29.3 Å². The van der Waals surface area contributed by atoms with Crippen molar-refractivity contribution in [1.29, 1.82) is 0 Å². The number of hydrogen-bond donors (Lipinski definition) is 3. The molecular weight excluding hydrogens is 512 g/mol. The monoisotopic (exact) mass is 544 g/mol. The number of ether oxygens (including phenoxy) is 2. The summed E-state index contributed by atoms with van der Waals surface area (Å²) < 4.78 is 11.5. The zero-order valence-corrected chi connectivity index (χ0v) is 22.6. The Bertz CT molecular complexity index is 1370. The lowest BCUT2D eigenvalue weighted by molar-refractivity contribution is -0.133. The summed E-state index contributed by atoms with van der Waals surface area (Å²) in [4.78, 5) is 41.5. The summed E-state index contributed by atoms with van der Waals surface area (Å²) >= 11 is 0. The summed E-state index contributed by atoms with van der Waals surface area (Å²) in [5.74, 6) is -0.355. The van der Waals surface area contributed by atoms with Crippen molar-refractivity contribution in [1.82, 2.24) is 15.7 Å². The number of hydrogen-bond acceptors (Lipinski definition) is 7. The second-order valence-corrected chi connectivity index (χ2v) is 10.9. The van der Waals surface area contributed by atoms with Crippen molar-refractivity contribution in [2.24, 2.45) is 5.92 Å². The molecule has 2 aliphatic rings. The lowest BCUT2D eigenvalue weighted by Gasteiger charge is -2.32.